The van der Waals surface area contributed by atoms with Gasteiger partial charge in [0.2, 0.25) is 10.0 Å². The topological polar surface area (TPSA) is 68.3 Å². The van der Waals surface area contributed by atoms with Gasteiger partial charge in [0, 0.05) is 32.7 Å². The molecule has 0 aliphatic carbocycles. The van der Waals surface area contributed by atoms with Gasteiger partial charge in [-0.15, -0.1) is 6.58 Å². The van der Waals surface area contributed by atoms with Gasteiger partial charge in [0.15, 0.2) is 0 Å². The van der Waals surface area contributed by atoms with Crippen molar-refractivity contribution in [3.8, 4) is 11.5 Å². The van der Waals surface area contributed by atoms with Crippen LogP contribution in [0, 0.1) is 0 Å². The van der Waals surface area contributed by atoms with Crippen molar-refractivity contribution in [1.29, 1.82) is 0 Å². The fraction of sp³-hybridized carbons (Fsp3) is 0.462. The van der Waals surface area contributed by atoms with Crippen molar-refractivity contribution in [2.24, 2.45) is 0 Å². The largest absolute Gasteiger partial charge is 0.497 e. The minimum atomic E-state index is -3.62. The first kappa shape index (κ1) is 26.2. The van der Waals surface area contributed by atoms with Crippen LogP contribution in [0.1, 0.15) is 24.0 Å². The molecule has 0 saturated carbocycles. The van der Waals surface area contributed by atoms with E-state index in [4.69, 9.17) is 14.2 Å². The number of nitrogens with zero attached hydrogens (tertiary/aromatic N) is 2. The second-order valence-electron chi connectivity index (χ2n) is 8.41. The molecule has 7 nitrogen and oxygen atoms in total. The molecule has 0 amide bonds. The summed E-state index contributed by atoms with van der Waals surface area (Å²) in [6.07, 6.45) is 2.97. The Morgan fingerprint density at radius 2 is 1.47 bits per heavy atom. The zero-order chi connectivity index (χ0) is 24.4. The number of benzene rings is 2. The van der Waals surface area contributed by atoms with Gasteiger partial charge in [-0.25, -0.2) is 8.42 Å². The molecule has 0 unspecified atom stereocenters. The molecule has 0 radical (unpaired) electrons. The molecule has 1 heterocycles. The highest BCUT2D eigenvalue weighted by Crippen LogP contribution is 2.24. The van der Waals surface area contributed by atoms with E-state index in [-0.39, 0.29) is 13.1 Å². The molecule has 0 N–H and O–H groups in total. The number of hydrogen-bond acceptors (Lipinski definition) is 6. The highest BCUT2D eigenvalue weighted by Gasteiger charge is 2.33. The smallest absolute Gasteiger partial charge is 0.218 e. The zero-order valence-corrected chi connectivity index (χ0v) is 21.0. The third-order valence-corrected chi connectivity index (χ3v) is 8.28. The average molecular weight is 489 g/mol. The van der Waals surface area contributed by atoms with Crippen molar-refractivity contribution in [1.82, 2.24) is 9.21 Å². The number of sulfonamides is 1. The summed E-state index contributed by atoms with van der Waals surface area (Å²) in [6.45, 7) is 7.63. The van der Waals surface area contributed by atoms with Crippen LogP contribution in [0.4, 0.5) is 0 Å². The van der Waals surface area contributed by atoms with Gasteiger partial charge in [-0.1, -0.05) is 30.3 Å². The van der Waals surface area contributed by atoms with Gasteiger partial charge in [0.05, 0.1) is 32.7 Å². The normalized spacial score (nSPS) is 15.7. The van der Waals surface area contributed by atoms with E-state index in [0.29, 0.717) is 32.6 Å². The van der Waals surface area contributed by atoms with Crippen LogP contribution >= 0.6 is 0 Å². The van der Waals surface area contributed by atoms with Crippen LogP contribution in [0.3, 0.4) is 0 Å². The molecular weight excluding hydrogens is 452 g/mol. The Bertz CT molecular complexity index is 937. The molecule has 34 heavy (non-hydrogen) atoms. The third kappa shape index (κ3) is 7.30. The first-order chi connectivity index (χ1) is 16.5. The summed E-state index contributed by atoms with van der Waals surface area (Å²) in [4.78, 5) is 2.19. The maximum absolute atomic E-state index is 14.0. The highest BCUT2D eigenvalue weighted by atomic mass is 32.2. The third-order valence-electron chi connectivity index (χ3n) is 6.08. The van der Waals surface area contributed by atoms with E-state index >= 15 is 0 Å². The SMILES string of the molecule is C=CCC[C@@H](CN1CCOCC1)S(=O)(=O)N(Cc1ccc(OC)cc1)Cc1ccc(OC)cc1. The Labute approximate surface area is 204 Å². The number of ether oxygens (including phenoxy) is 3. The second-order valence-corrected chi connectivity index (χ2v) is 10.6. The molecule has 1 atom stereocenters. The van der Waals surface area contributed by atoms with Crippen molar-refractivity contribution in [2.75, 3.05) is 47.1 Å². The maximum Gasteiger partial charge on any atom is 0.218 e. The Hall–Kier alpha value is -2.39. The van der Waals surface area contributed by atoms with Crippen LogP contribution in [0.15, 0.2) is 61.2 Å². The van der Waals surface area contributed by atoms with E-state index in [0.717, 1.165) is 35.7 Å². The van der Waals surface area contributed by atoms with Gasteiger partial charge >= 0.3 is 0 Å². The highest BCUT2D eigenvalue weighted by molar-refractivity contribution is 7.89. The molecule has 186 valence electrons. The maximum atomic E-state index is 14.0. The Kier molecular flexibility index (Phi) is 9.95. The number of morpholine rings is 1. The number of allylic oxidation sites excluding steroid dienone is 1. The Balaban J connectivity index is 1.88. The first-order valence-electron chi connectivity index (χ1n) is 11.6. The number of methoxy groups -OCH3 is 2. The monoisotopic (exact) mass is 488 g/mol. The zero-order valence-electron chi connectivity index (χ0n) is 20.2. The lowest BCUT2D eigenvalue weighted by Crippen LogP contribution is -2.47. The lowest BCUT2D eigenvalue weighted by atomic mass is 10.2. The van der Waals surface area contributed by atoms with Crippen LogP contribution in [0.5, 0.6) is 11.5 Å². The molecule has 0 bridgehead atoms. The summed E-state index contributed by atoms with van der Waals surface area (Å²) in [7, 11) is -0.389. The molecule has 3 rings (SSSR count). The van der Waals surface area contributed by atoms with Gasteiger partial charge in [-0.3, -0.25) is 4.90 Å². The fourth-order valence-corrected chi connectivity index (χ4v) is 5.94. The summed E-state index contributed by atoms with van der Waals surface area (Å²) in [5.41, 5.74) is 1.82. The minimum Gasteiger partial charge on any atom is -0.497 e. The summed E-state index contributed by atoms with van der Waals surface area (Å²) < 4.78 is 45.7. The molecule has 2 aromatic carbocycles. The molecule has 1 aliphatic heterocycles. The Morgan fingerprint density at radius 1 is 0.971 bits per heavy atom. The molecular formula is C26H36N2O5S. The Morgan fingerprint density at radius 3 is 1.91 bits per heavy atom. The number of hydrogen-bond donors (Lipinski definition) is 0. The van der Waals surface area contributed by atoms with Crippen molar-refractivity contribution in [3.05, 3.63) is 72.3 Å². The molecule has 2 aromatic rings. The molecule has 0 aromatic heterocycles. The lowest BCUT2D eigenvalue weighted by molar-refractivity contribution is 0.0374. The predicted octanol–water partition coefficient (Wildman–Crippen LogP) is 3.70. The molecule has 8 heteroatoms. The van der Waals surface area contributed by atoms with Crippen molar-refractivity contribution in [3.63, 3.8) is 0 Å². The van der Waals surface area contributed by atoms with E-state index in [2.05, 4.69) is 11.5 Å². The minimum absolute atomic E-state index is 0.284. The lowest BCUT2D eigenvalue weighted by Gasteiger charge is -2.33. The van der Waals surface area contributed by atoms with Crippen molar-refractivity contribution in [2.45, 2.75) is 31.2 Å². The molecule has 1 aliphatic rings. The fourth-order valence-electron chi connectivity index (χ4n) is 4.03. The second kappa shape index (κ2) is 12.9. The molecule has 1 saturated heterocycles. The van der Waals surface area contributed by atoms with Crippen LogP contribution in [-0.4, -0.2) is 69.9 Å². The summed E-state index contributed by atoms with van der Waals surface area (Å²) in [5.74, 6) is 1.48. The van der Waals surface area contributed by atoms with Crippen LogP contribution < -0.4 is 9.47 Å². The van der Waals surface area contributed by atoms with Crippen LogP contribution in [0.2, 0.25) is 0 Å². The van der Waals surface area contributed by atoms with Crippen LogP contribution in [0.25, 0.3) is 0 Å². The standard InChI is InChI=1S/C26H36N2O5S/c1-4-5-6-26(21-27-15-17-33-18-16-27)34(29,30)28(19-22-7-11-24(31-2)12-8-22)20-23-9-13-25(32-3)14-10-23/h4,7-14,26H,1,5-6,15-21H2,2-3H3/t26-/m0/s1. The molecule has 1 fully saturated rings. The van der Waals surface area contributed by atoms with Crippen molar-refractivity contribution < 1.29 is 22.6 Å². The summed E-state index contributed by atoms with van der Waals surface area (Å²) in [6, 6.07) is 15.1. The van der Waals surface area contributed by atoms with E-state index in [1.165, 1.54) is 0 Å². The molecule has 0 spiro atoms. The van der Waals surface area contributed by atoms with E-state index in [9.17, 15) is 8.42 Å². The van der Waals surface area contributed by atoms with Crippen LogP contribution in [-0.2, 0) is 27.8 Å². The first-order valence-corrected chi connectivity index (χ1v) is 13.1. The van der Waals surface area contributed by atoms with E-state index < -0.39 is 15.3 Å². The van der Waals surface area contributed by atoms with Gasteiger partial charge < -0.3 is 14.2 Å². The summed E-state index contributed by atoms with van der Waals surface area (Å²) in [5, 5.41) is -0.528. The van der Waals surface area contributed by atoms with E-state index in [1.54, 1.807) is 24.6 Å². The predicted molar refractivity (Wildman–Crippen MR) is 135 cm³/mol. The van der Waals surface area contributed by atoms with Gasteiger partial charge in [0.1, 0.15) is 11.5 Å². The van der Waals surface area contributed by atoms with Gasteiger partial charge in [-0.05, 0) is 48.2 Å². The van der Waals surface area contributed by atoms with Gasteiger partial charge in [0.25, 0.3) is 0 Å². The van der Waals surface area contributed by atoms with Crippen molar-refractivity contribution >= 4 is 10.0 Å². The number of rotatable bonds is 13. The van der Waals surface area contributed by atoms with Gasteiger partial charge in [-0.2, -0.15) is 4.31 Å². The average Bonchev–Trinajstić information content (AvgIpc) is 2.87. The van der Waals surface area contributed by atoms with E-state index in [1.807, 2.05) is 48.5 Å². The summed E-state index contributed by atoms with van der Waals surface area (Å²) >= 11 is 0. The quantitative estimate of drug-likeness (QED) is 0.401.